The molecule has 0 atom stereocenters. The number of hydrogen-bond acceptors (Lipinski definition) is 11. The van der Waals surface area contributed by atoms with Crippen molar-refractivity contribution in [2.24, 2.45) is 17.3 Å². The van der Waals surface area contributed by atoms with E-state index in [0.717, 1.165) is 106 Å². The summed E-state index contributed by atoms with van der Waals surface area (Å²) in [6.45, 7) is 25.0. The molecular formula is C53H74Br2F2N6O5Zn. The Morgan fingerprint density at radius 3 is 1.46 bits per heavy atom. The van der Waals surface area contributed by atoms with Crippen molar-refractivity contribution in [2.75, 3.05) is 49.2 Å². The fourth-order valence-corrected chi connectivity index (χ4v) is 7.94. The first-order valence-electron chi connectivity index (χ1n) is 24.1. The number of ether oxygens (including phenoxy) is 3. The molecule has 0 bridgehead atoms. The normalized spacial score (nSPS) is 14.4. The van der Waals surface area contributed by atoms with Gasteiger partial charge >= 0.3 is 35.9 Å². The quantitative estimate of drug-likeness (QED) is 0.0435. The molecule has 0 saturated carbocycles. The second kappa shape index (κ2) is 31.1. The van der Waals surface area contributed by atoms with E-state index >= 15 is 0 Å². The number of benzene rings is 2. The van der Waals surface area contributed by atoms with Crippen LogP contribution in [0.25, 0.3) is 0 Å². The number of anilines is 2. The van der Waals surface area contributed by atoms with Crippen molar-refractivity contribution < 1.29 is 48.9 Å². The van der Waals surface area contributed by atoms with E-state index in [-0.39, 0.29) is 23.4 Å². The zero-order valence-corrected chi connectivity index (χ0v) is 48.4. The van der Waals surface area contributed by atoms with Crippen LogP contribution < -0.4 is 9.80 Å². The Morgan fingerprint density at radius 2 is 1.12 bits per heavy atom. The third-order valence-corrected chi connectivity index (χ3v) is 12.1. The van der Waals surface area contributed by atoms with E-state index < -0.39 is 17.4 Å². The van der Waals surface area contributed by atoms with Crippen molar-refractivity contribution in [3.05, 3.63) is 112 Å². The Hall–Kier alpha value is -3.43. The number of aryl methyl sites for hydroxylation is 2. The molecule has 0 aliphatic carbocycles. The van der Waals surface area contributed by atoms with Crippen molar-refractivity contribution in [1.82, 2.24) is 19.9 Å². The number of esters is 1. The molecule has 2 fully saturated rings. The summed E-state index contributed by atoms with van der Waals surface area (Å²) in [6.07, 6.45) is 16.6. The number of nitrogens with zero attached hydrogens (tertiary/aromatic N) is 6. The third kappa shape index (κ3) is 24.0. The van der Waals surface area contributed by atoms with Gasteiger partial charge in [0.1, 0.15) is 17.2 Å². The molecular weight excluding hydrogens is 1060 g/mol. The van der Waals surface area contributed by atoms with E-state index in [1.807, 2.05) is 57.7 Å². The van der Waals surface area contributed by atoms with Crippen molar-refractivity contribution in [3.63, 3.8) is 0 Å². The Labute approximate surface area is 436 Å². The predicted molar refractivity (Wildman–Crippen MR) is 275 cm³/mol. The van der Waals surface area contributed by atoms with Crippen LogP contribution in [0.3, 0.4) is 0 Å². The van der Waals surface area contributed by atoms with Gasteiger partial charge in [-0.2, -0.15) is 0 Å². The number of carbonyl (C=O) groups is 2. The predicted octanol–water partition coefficient (Wildman–Crippen LogP) is 12.3. The summed E-state index contributed by atoms with van der Waals surface area (Å²) in [7, 11) is 0. The molecule has 2 aromatic heterocycles. The van der Waals surface area contributed by atoms with Crippen LogP contribution in [0.2, 0.25) is 0 Å². The van der Waals surface area contributed by atoms with Gasteiger partial charge < -0.3 is 35.7 Å². The monoisotopic (exact) mass is 1130 g/mol. The molecule has 0 spiro atoms. The van der Waals surface area contributed by atoms with Crippen LogP contribution in [0.1, 0.15) is 128 Å². The van der Waals surface area contributed by atoms with Gasteiger partial charge in [0.15, 0.2) is 0 Å². The Bertz CT molecular complexity index is 2110. The molecule has 4 aromatic rings. The number of aromatic nitrogens is 4. The molecule has 2 aromatic carbocycles. The van der Waals surface area contributed by atoms with Gasteiger partial charge in [0.05, 0.1) is 24.1 Å². The molecule has 4 heterocycles. The van der Waals surface area contributed by atoms with Crippen LogP contribution in [0.15, 0.2) is 65.7 Å². The second-order valence-electron chi connectivity index (χ2n) is 19.7. The number of hydrogen-bond donors (Lipinski definition) is 0. The summed E-state index contributed by atoms with van der Waals surface area (Å²) in [4.78, 5) is 44.7. The molecule has 0 N–H and O–H groups in total. The van der Waals surface area contributed by atoms with Crippen LogP contribution in [-0.4, -0.2) is 76.7 Å². The van der Waals surface area contributed by atoms with Crippen LogP contribution >= 0.6 is 29.6 Å². The van der Waals surface area contributed by atoms with Gasteiger partial charge in [-0.3, -0.25) is 4.79 Å². The molecule has 0 amide bonds. The molecule has 69 heavy (non-hydrogen) atoms. The maximum absolute atomic E-state index is 14.4. The number of ketones is 1. The summed E-state index contributed by atoms with van der Waals surface area (Å²) in [5.74, 6) is 1.90. The molecule has 2 saturated heterocycles. The number of Topliss-reactive ketones (excluding diaryl/α,β-unsaturated/α-hetero) is 1. The van der Waals surface area contributed by atoms with E-state index in [4.69, 9.17) is 14.2 Å². The molecule has 6 rings (SSSR count). The van der Waals surface area contributed by atoms with Crippen LogP contribution in [0.5, 0.6) is 0 Å². The van der Waals surface area contributed by atoms with Gasteiger partial charge in [0, 0.05) is 64.2 Å². The average Bonchev–Trinajstić information content (AvgIpc) is 3.31. The molecule has 0 unspecified atom stereocenters. The average molecular weight is 1140 g/mol. The van der Waals surface area contributed by atoms with Crippen LogP contribution in [-0.2, 0) is 72.6 Å². The van der Waals surface area contributed by atoms with E-state index in [1.165, 1.54) is 34.0 Å². The summed E-state index contributed by atoms with van der Waals surface area (Å²) >= 11 is 7.41. The standard InChI is InChI=1S/C26H36FN3O3.C20H25BrFN3O.C7H13O.BrH.Zn/c1-5-19-16-28-25(29-17-19)30-11-8-20(9-12-30)10-13-32-18-21-6-7-22(23(27)14-21)15-24(31)33-26(2,3)4;1-2-15-12-23-20(24-13-15)25-8-5-16(6-9-25)7-10-26-14-17-3-4-18(21)19(22)11-17;1-6(8)5-7(2,3)4;;/h6-7,14,16-17,20H,5,8-13,15,18H2,1-4H3;3-4,11-13,16H,2,5-10,14H2,1H3;1,5H2,2-4H3;1H;/q;;-1;;+2/p-1. The van der Waals surface area contributed by atoms with E-state index in [1.54, 1.807) is 32.9 Å². The molecule has 2 aliphatic heterocycles. The maximum atomic E-state index is 14.4. The zero-order valence-electron chi connectivity index (χ0n) is 42.3. The number of piperidine rings is 2. The van der Waals surface area contributed by atoms with Gasteiger partial charge in [-0.25, -0.2) is 28.7 Å². The first-order chi connectivity index (χ1) is 32.8. The molecule has 0 radical (unpaired) electrons. The van der Waals surface area contributed by atoms with Gasteiger partial charge in [0.25, 0.3) is 0 Å². The fraction of sp³-hybridized carbons (Fsp3) is 0.566. The van der Waals surface area contributed by atoms with Crippen molar-refractivity contribution in [2.45, 2.75) is 138 Å². The summed E-state index contributed by atoms with van der Waals surface area (Å²) < 4.78 is 45.2. The van der Waals surface area contributed by atoms with E-state index in [9.17, 15) is 18.4 Å². The minimum atomic E-state index is -0.577. The fourth-order valence-electron chi connectivity index (χ4n) is 7.69. The first kappa shape index (κ1) is 59.9. The van der Waals surface area contributed by atoms with Crippen LogP contribution in [0.4, 0.5) is 20.7 Å². The molecule has 376 valence electrons. The Kier molecular flexibility index (Phi) is 27.0. The van der Waals surface area contributed by atoms with Crippen molar-refractivity contribution in [3.8, 4) is 0 Å². The van der Waals surface area contributed by atoms with Gasteiger partial charge in [-0.1, -0.05) is 52.8 Å². The molecule has 11 nitrogen and oxygen atoms in total. The summed E-state index contributed by atoms with van der Waals surface area (Å²) in [5, 5.41) is 0. The van der Waals surface area contributed by atoms with Crippen LogP contribution in [0, 0.1) is 35.8 Å². The third-order valence-electron chi connectivity index (χ3n) is 11.5. The first-order valence-corrected chi connectivity index (χ1v) is 31.9. The minimum absolute atomic E-state index is 0.0255. The van der Waals surface area contributed by atoms with E-state index in [0.29, 0.717) is 54.7 Å². The Morgan fingerprint density at radius 1 is 0.696 bits per heavy atom. The molecule has 16 heteroatoms. The van der Waals surface area contributed by atoms with Gasteiger partial charge in [0.2, 0.25) is 11.9 Å². The summed E-state index contributed by atoms with van der Waals surface area (Å²) in [5.41, 5.74) is 3.84. The van der Waals surface area contributed by atoms with Crippen molar-refractivity contribution >= 4 is 53.2 Å². The number of halogens is 4. The number of carbonyl (C=O) groups excluding carboxylic acids is 2. The summed E-state index contributed by atoms with van der Waals surface area (Å²) in [6, 6.07) is 10.0. The second-order valence-corrected chi connectivity index (χ2v) is 20.6. The molecule has 2 aliphatic rings. The number of rotatable bonds is 17. The zero-order chi connectivity index (χ0) is 51.0. The topological polar surface area (TPSA) is 120 Å². The van der Waals surface area contributed by atoms with E-state index in [2.05, 4.69) is 80.1 Å². The van der Waals surface area contributed by atoms with Gasteiger partial charge in [-0.15, -0.1) is 0 Å². The Balaban J connectivity index is 0.000000311. The SMILES string of the molecule is CCc1cnc(N2CCC(CCOCc3ccc(Br)c(F)c3)CC2)nc1.CCc1cnc(N2CCC(CCOCc3ccc(CC(=O)OC(C)(C)C)c(F)c3)CC2)nc1.[CH2-]C(=O)CC(C)(C)C.[Zn+][Br]. The van der Waals surface area contributed by atoms with Gasteiger partial charge in [-0.05, 0) is 164 Å². The van der Waals surface area contributed by atoms with Crippen molar-refractivity contribution in [1.29, 1.82) is 0 Å².